The van der Waals surface area contributed by atoms with Crippen LogP contribution in [0.25, 0.3) is 0 Å². The number of piperidine rings is 1. The second kappa shape index (κ2) is 14.0. The van der Waals surface area contributed by atoms with Gasteiger partial charge in [0.05, 0.1) is 0 Å². The average Bonchev–Trinajstić information content (AvgIpc) is 2.41. The van der Waals surface area contributed by atoms with E-state index in [9.17, 15) is 0 Å². The van der Waals surface area contributed by atoms with Gasteiger partial charge in [0.25, 0.3) is 0 Å². The number of likely N-dealkylation sites (tertiary alicyclic amines) is 1. The summed E-state index contributed by atoms with van der Waals surface area (Å²) in [7, 11) is 0. The van der Waals surface area contributed by atoms with Gasteiger partial charge < -0.3 is 4.90 Å². The Labute approximate surface area is 110 Å². The number of hydrogen-bond donors (Lipinski definition) is 0. The van der Waals surface area contributed by atoms with Crippen LogP contribution in [0.5, 0.6) is 0 Å². The van der Waals surface area contributed by atoms with E-state index in [4.69, 9.17) is 0 Å². The van der Waals surface area contributed by atoms with Crippen LogP contribution in [-0.4, -0.2) is 24.5 Å². The molecule has 0 aromatic rings. The van der Waals surface area contributed by atoms with Gasteiger partial charge in [-0.2, -0.15) is 0 Å². The second-order valence-electron chi connectivity index (χ2n) is 5.02. The highest BCUT2D eigenvalue weighted by Crippen LogP contribution is 2.11. The van der Waals surface area contributed by atoms with Crippen molar-refractivity contribution in [1.82, 2.24) is 4.90 Å². The van der Waals surface area contributed by atoms with Crippen molar-refractivity contribution in [2.24, 2.45) is 0 Å². The minimum absolute atomic E-state index is 1.37. The van der Waals surface area contributed by atoms with Gasteiger partial charge in [-0.3, -0.25) is 0 Å². The van der Waals surface area contributed by atoms with Gasteiger partial charge in [-0.25, -0.2) is 0 Å². The fraction of sp³-hybridized carbons (Fsp3) is 1.00. The third-order valence-corrected chi connectivity index (χ3v) is 3.53. The Morgan fingerprint density at radius 3 is 1.82 bits per heavy atom. The highest BCUT2D eigenvalue weighted by Gasteiger charge is 2.08. The van der Waals surface area contributed by atoms with E-state index in [0.717, 1.165) is 0 Å². The first-order valence-electron chi connectivity index (χ1n) is 8.16. The van der Waals surface area contributed by atoms with Crippen molar-refractivity contribution in [2.75, 3.05) is 19.6 Å². The lowest BCUT2D eigenvalue weighted by molar-refractivity contribution is 0.224. The summed E-state index contributed by atoms with van der Waals surface area (Å²) in [6.07, 6.45) is 14.4. The number of nitrogens with zero attached hydrogens (tertiary/aromatic N) is 1. The fourth-order valence-electron chi connectivity index (χ4n) is 2.48. The molecule has 0 aromatic carbocycles. The average molecular weight is 241 g/mol. The van der Waals surface area contributed by atoms with Crippen LogP contribution in [0.1, 0.15) is 85.0 Å². The Hall–Kier alpha value is -0.0400. The molecule has 1 saturated heterocycles. The molecule has 1 heterocycles. The lowest BCUT2D eigenvalue weighted by Crippen LogP contribution is -2.30. The van der Waals surface area contributed by atoms with E-state index in [1.54, 1.807) is 0 Å². The molecule has 0 amide bonds. The summed E-state index contributed by atoms with van der Waals surface area (Å²) >= 11 is 0. The third kappa shape index (κ3) is 10.8. The summed E-state index contributed by atoms with van der Waals surface area (Å²) in [5, 5.41) is 0. The van der Waals surface area contributed by atoms with E-state index in [-0.39, 0.29) is 0 Å². The smallest absolute Gasteiger partial charge is 0.00187 e. The number of hydrogen-bond acceptors (Lipinski definition) is 1. The van der Waals surface area contributed by atoms with Crippen LogP contribution in [0.15, 0.2) is 0 Å². The van der Waals surface area contributed by atoms with E-state index in [1.807, 2.05) is 13.8 Å². The highest BCUT2D eigenvalue weighted by atomic mass is 15.1. The van der Waals surface area contributed by atoms with Crippen molar-refractivity contribution in [3.05, 3.63) is 0 Å². The molecule has 17 heavy (non-hydrogen) atoms. The van der Waals surface area contributed by atoms with Gasteiger partial charge in [-0.1, -0.05) is 65.7 Å². The Kier molecular flexibility index (Phi) is 14.0. The van der Waals surface area contributed by atoms with E-state index in [2.05, 4.69) is 11.8 Å². The van der Waals surface area contributed by atoms with Crippen LogP contribution in [0.4, 0.5) is 0 Å². The molecule has 1 heteroatoms. The van der Waals surface area contributed by atoms with Gasteiger partial charge in [0.1, 0.15) is 0 Å². The lowest BCUT2D eigenvalue weighted by Gasteiger charge is -2.26. The topological polar surface area (TPSA) is 3.24 Å². The molecule has 0 aliphatic carbocycles. The summed E-state index contributed by atoms with van der Waals surface area (Å²) < 4.78 is 0. The molecule has 1 fully saturated rings. The standard InChI is InChI=1S/C14H29N.C2H6/c1-2-3-4-5-6-7-9-12-15-13-10-8-11-14-15;1-2/h2-14H2,1H3;1-2H3. The molecule has 1 aliphatic rings. The summed E-state index contributed by atoms with van der Waals surface area (Å²) in [5.74, 6) is 0. The maximum Gasteiger partial charge on any atom is -0.00187 e. The molecule has 1 aliphatic heterocycles. The van der Waals surface area contributed by atoms with Crippen LogP contribution in [0, 0.1) is 0 Å². The van der Waals surface area contributed by atoms with E-state index >= 15 is 0 Å². The molecule has 0 bridgehead atoms. The molecule has 0 aromatic heterocycles. The van der Waals surface area contributed by atoms with Gasteiger partial charge >= 0.3 is 0 Å². The minimum Gasteiger partial charge on any atom is -0.303 e. The summed E-state index contributed by atoms with van der Waals surface area (Å²) in [6.45, 7) is 10.4. The van der Waals surface area contributed by atoms with Gasteiger partial charge in [0.15, 0.2) is 0 Å². The normalized spacial score (nSPS) is 16.4. The van der Waals surface area contributed by atoms with Crippen LogP contribution in [-0.2, 0) is 0 Å². The van der Waals surface area contributed by atoms with Gasteiger partial charge in [-0.15, -0.1) is 0 Å². The Morgan fingerprint density at radius 2 is 1.24 bits per heavy atom. The Bertz CT molecular complexity index is 127. The van der Waals surface area contributed by atoms with Gasteiger partial charge in [0.2, 0.25) is 0 Å². The van der Waals surface area contributed by atoms with Crippen LogP contribution in [0.2, 0.25) is 0 Å². The zero-order chi connectivity index (χ0) is 12.8. The third-order valence-electron chi connectivity index (χ3n) is 3.53. The predicted octanol–water partition coefficient (Wildman–Crippen LogP) is 5.25. The van der Waals surface area contributed by atoms with Crippen molar-refractivity contribution >= 4 is 0 Å². The molecule has 0 spiro atoms. The molecule has 1 rings (SSSR count). The molecule has 0 N–H and O–H groups in total. The van der Waals surface area contributed by atoms with E-state index in [1.165, 1.54) is 83.8 Å². The largest absolute Gasteiger partial charge is 0.303 e. The van der Waals surface area contributed by atoms with Crippen molar-refractivity contribution in [1.29, 1.82) is 0 Å². The highest BCUT2D eigenvalue weighted by molar-refractivity contribution is 4.64. The van der Waals surface area contributed by atoms with Gasteiger partial charge in [0, 0.05) is 0 Å². The number of rotatable bonds is 8. The van der Waals surface area contributed by atoms with Crippen LogP contribution in [0.3, 0.4) is 0 Å². The summed E-state index contributed by atoms with van der Waals surface area (Å²) in [6, 6.07) is 0. The number of unbranched alkanes of at least 4 members (excludes halogenated alkanes) is 6. The maximum atomic E-state index is 2.66. The van der Waals surface area contributed by atoms with Crippen molar-refractivity contribution in [3.8, 4) is 0 Å². The SMILES string of the molecule is CC.CCCCCCCCCN1CCCCC1. The molecule has 104 valence electrons. The van der Waals surface area contributed by atoms with E-state index < -0.39 is 0 Å². The molecule has 0 saturated carbocycles. The fourth-order valence-corrected chi connectivity index (χ4v) is 2.48. The van der Waals surface area contributed by atoms with E-state index in [0.29, 0.717) is 0 Å². The van der Waals surface area contributed by atoms with Crippen LogP contribution < -0.4 is 0 Å². The molecule has 0 unspecified atom stereocenters. The van der Waals surface area contributed by atoms with Crippen LogP contribution >= 0.6 is 0 Å². The first-order valence-corrected chi connectivity index (χ1v) is 8.16. The molecule has 1 nitrogen and oxygen atoms in total. The maximum absolute atomic E-state index is 2.66. The predicted molar refractivity (Wildman–Crippen MR) is 79.6 cm³/mol. The first kappa shape index (κ1) is 17.0. The quantitative estimate of drug-likeness (QED) is 0.525. The minimum atomic E-state index is 1.37. The summed E-state index contributed by atoms with van der Waals surface area (Å²) in [4.78, 5) is 2.66. The molecular formula is C16H35N. The molecule has 0 atom stereocenters. The Morgan fingerprint density at radius 1 is 0.706 bits per heavy atom. The van der Waals surface area contributed by atoms with Gasteiger partial charge in [-0.05, 0) is 38.9 Å². The van der Waals surface area contributed by atoms with Crippen molar-refractivity contribution in [3.63, 3.8) is 0 Å². The monoisotopic (exact) mass is 241 g/mol. The molecule has 0 radical (unpaired) electrons. The first-order chi connectivity index (χ1) is 8.43. The zero-order valence-electron chi connectivity index (χ0n) is 12.6. The van der Waals surface area contributed by atoms with Crippen molar-refractivity contribution < 1.29 is 0 Å². The molecular weight excluding hydrogens is 206 g/mol. The zero-order valence-corrected chi connectivity index (χ0v) is 12.6. The Balaban J connectivity index is 0.00000121. The van der Waals surface area contributed by atoms with Crippen molar-refractivity contribution in [2.45, 2.75) is 85.0 Å². The second-order valence-corrected chi connectivity index (χ2v) is 5.02. The lowest BCUT2D eigenvalue weighted by atomic mass is 10.1. The summed E-state index contributed by atoms with van der Waals surface area (Å²) in [5.41, 5.74) is 0.